The van der Waals surface area contributed by atoms with E-state index >= 15 is 0 Å². The molecular formula is C21H20O. The Morgan fingerprint density at radius 1 is 0.818 bits per heavy atom. The maximum atomic E-state index is 12.7. The van der Waals surface area contributed by atoms with E-state index < -0.39 is 0 Å². The van der Waals surface area contributed by atoms with Gasteiger partial charge < -0.3 is 0 Å². The third-order valence-corrected chi connectivity index (χ3v) is 6.90. The van der Waals surface area contributed by atoms with E-state index in [9.17, 15) is 4.79 Å². The lowest BCUT2D eigenvalue weighted by Gasteiger charge is -2.45. The van der Waals surface area contributed by atoms with Crippen molar-refractivity contribution < 1.29 is 4.79 Å². The highest BCUT2D eigenvalue weighted by Gasteiger charge is 2.91. The molecular weight excluding hydrogens is 268 g/mol. The van der Waals surface area contributed by atoms with Gasteiger partial charge in [0.15, 0.2) is 0 Å². The molecule has 3 aliphatic carbocycles. The second-order valence-electron chi connectivity index (χ2n) is 7.78. The molecule has 3 fully saturated rings. The highest BCUT2D eigenvalue weighted by Crippen LogP contribution is 2.88. The van der Waals surface area contributed by atoms with Crippen LogP contribution in [0.15, 0.2) is 60.7 Å². The van der Waals surface area contributed by atoms with Crippen LogP contribution >= 0.6 is 0 Å². The monoisotopic (exact) mass is 288 g/mol. The molecule has 0 amide bonds. The highest BCUT2D eigenvalue weighted by atomic mass is 16.1. The Labute approximate surface area is 131 Å². The molecule has 5 atom stereocenters. The number of benzene rings is 2. The van der Waals surface area contributed by atoms with E-state index in [1.165, 1.54) is 11.1 Å². The van der Waals surface area contributed by atoms with E-state index in [1.807, 2.05) is 0 Å². The molecule has 0 N–H and O–H groups in total. The highest BCUT2D eigenvalue weighted by molar-refractivity contribution is 6.01. The molecule has 0 heterocycles. The zero-order valence-electron chi connectivity index (χ0n) is 13.0. The van der Waals surface area contributed by atoms with E-state index in [0.29, 0.717) is 17.6 Å². The van der Waals surface area contributed by atoms with Crippen molar-refractivity contribution >= 4 is 5.78 Å². The summed E-state index contributed by atoms with van der Waals surface area (Å²) in [7, 11) is 0. The van der Waals surface area contributed by atoms with Crippen molar-refractivity contribution in [3.8, 4) is 0 Å². The van der Waals surface area contributed by atoms with Crippen LogP contribution in [-0.4, -0.2) is 5.78 Å². The average Bonchev–Trinajstić information content (AvgIpc) is 3.15. The minimum Gasteiger partial charge on any atom is -0.299 e. The van der Waals surface area contributed by atoms with Crippen molar-refractivity contribution in [1.29, 1.82) is 0 Å². The molecule has 0 aliphatic heterocycles. The molecule has 0 spiro atoms. The summed E-state index contributed by atoms with van der Waals surface area (Å²) in [6.45, 7) is 4.77. The van der Waals surface area contributed by atoms with Gasteiger partial charge in [-0.2, -0.15) is 0 Å². The van der Waals surface area contributed by atoms with Crippen molar-refractivity contribution in [2.45, 2.75) is 25.2 Å². The summed E-state index contributed by atoms with van der Waals surface area (Å²) in [5.74, 6) is 1.97. The zero-order chi connectivity index (χ0) is 15.1. The van der Waals surface area contributed by atoms with Crippen LogP contribution in [0.5, 0.6) is 0 Å². The van der Waals surface area contributed by atoms with Gasteiger partial charge in [-0.15, -0.1) is 0 Å². The van der Waals surface area contributed by atoms with Crippen LogP contribution in [0.25, 0.3) is 0 Å². The standard InChI is InChI=1S/C21H20O/c1-20(2)16(13-9-5-3-6-10-13)15-17-18(19(15)22)21(17,20)14-11-7-4-8-12-14/h3-12,15-18H,1-2H3/t15-,16+,17+,18-,21+/m0/s1. The van der Waals surface area contributed by atoms with Crippen LogP contribution in [0.2, 0.25) is 0 Å². The lowest BCUT2D eigenvalue weighted by Crippen LogP contribution is -2.45. The van der Waals surface area contributed by atoms with Crippen LogP contribution in [0.4, 0.5) is 0 Å². The molecule has 0 saturated heterocycles. The van der Waals surface area contributed by atoms with Crippen LogP contribution in [0.3, 0.4) is 0 Å². The molecule has 3 aliphatic rings. The van der Waals surface area contributed by atoms with Crippen LogP contribution < -0.4 is 0 Å². The molecule has 22 heavy (non-hydrogen) atoms. The minimum atomic E-state index is 0.0799. The fourth-order valence-corrected chi connectivity index (χ4v) is 6.22. The van der Waals surface area contributed by atoms with E-state index in [0.717, 1.165) is 0 Å². The third kappa shape index (κ3) is 1.11. The first-order chi connectivity index (χ1) is 10.6. The first-order valence-electron chi connectivity index (χ1n) is 8.26. The summed E-state index contributed by atoms with van der Waals surface area (Å²) < 4.78 is 0. The number of hydrogen-bond acceptors (Lipinski definition) is 1. The summed E-state index contributed by atoms with van der Waals surface area (Å²) in [5.41, 5.74) is 2.93. The van der Waals surface area contributed by atoms with Gasteiger partial charge in [-0.3, -0.25) is 4.79 Å². The molecule has 5 rings (SSSR count). The Balaban J connectivity index is 1.70. The van der Waals surface area contributed by atoms with Gasteiger partial charge in [0.05, 0.1) is 0 Å². The van der Waals surface area contributed by atoms with Crippen LogP contribution in [-0.2, 0) is 10.2 Å². The number of Topliss-reactive ketones (excluding diaryl/α,β-unsaturated/α-hetero) is 1. The third-order valence-electron chi connectivity index (χ3n) is 6.90. The maximum Gasteiger partial charge on any atom is 0.141 e. The van der Waals surface area contributed by atoms with Crippen molar-refractivity contribution in [1.82, 2.24) is 0 Å². The second-order valence-corrected chi connectivity index (χ2v) is 7.78. The van der Waals surface area contributed by atoms with Gasteiger partial charge in [0.25, 0.3) is 0 Å². The predicted octanol–water partition coefficient (Wildman–Crippen LogP) is 4.19. The molecule has 0 bridgehead atoms. The number of carbonyl (C=O) groups excluding carboxylic acids is 1. The van der Waals surface area contributed by atoms with E-state index in [1.54, 1.807) is 0 Å². The van der Waals surface area contributed by atoms with Crippen molar-refractivity contribution in [2.24, 2.45) is 23.2 Å². The van der Waals surface area contributed by atoms with Gasteiger partial charge in [0, 0.05) is 17.3 Å². The lowest BCUT2D eigenvalue weighted by atomic mass is 9.57. The molecule has 1 nitrogen and oxygen atoms in total. The van der Waals surface area contributed by atoms with Gasteiger partial charge in [-0.1, -0.05) is 74.5 Å². The topological polar surface area (TPSA) is 17.1 Å². The first kappa shape index (κ1) is 12.6. The summed E-state index contributed by atoms with van der Waals surface area (Å²) in [5, 5.41) is 0. The minimum absolute atomic E-state index is 0.0799. The summed E-state index contributed by atoms with van der Waals surface area (Å²) in [6.07, 6.45) is 0. The van der Waals surface area contributed by atoms with Gasteiger partial charge >= 0.3 is 0 Å². The van der Waals surface area contributed by atoms with Gasteiger partial charge in [-0.05, 0) is 28.4 Å². The van der Waals surface area contributed by atoms with Crippen LogP contribution in [0.1, 0.15) is 30.9 Å². The van der Waals surface area contributed by atoms with Gasteiger partial charge in [-0.25, -0.2) is 0 Å². The molecule has 0 aromatic heterocycles. The number of ketones is 1. The Morgan fingerprint density at radius 2 is 1.41 bits per heavy atom. The van der Waals surface area contributed by atoms with E-state index in [-0.39, 0.29) is 22.7 Å². The molecule has 2 aromatic carbocycles. The fourth-order valence-electron chi connectivity index (χ4n) is 6.22. The van der Waals surface area contributed by atoms with Crippen molar-refractivity contribution in [2.75, 3.05) is 0 Å². The Bertz CT molecular complexity index is 761. The molecule has 0 radical (unpaired) electrons. The Hall–Kier alpha value is -1.89. The summed E-state index contributed by atoms with van der Waals surface area (Å²) in [6, 6.07) is 21.4. The second kappa shape index (κ2) is 3.71. The smallest absolute Gasteiger partial charge is 0.141 e. The SMILES string of the molecule is CC1(C)[C@H](c2ccccc2)[C@@H]2C(=O)[C@@H]3[C@@H]2[C@]31c1ccccc1. The fraction of sp³-hybridized carbons (Fsp3) is 0.381. The molecule has 1 heteroatoms. The Kier molecular flexibility index (Phi) is 2.13. The van der Waals surface area contributed by atoms with Crippen LogP contribution in [0, 0.1) is 23.2 Å². The van der Waals surface area contributed by atoms with Crippen molar-refractivity contribution in [3.63, 3.8) is 0 Å². The number of hydrogen-bond donors (Lipinski definition) is 0. The molecule has 3 saturated carbocycles. The largest absolute Gasteiger partial charge is 0.299 e. The molecule has 110 valence electrons. The quantitative estimate of drug-likeness (QED) is 0.809. The summed E-state index contributed by atoms with van der Waals surface area (Å²) >= 11 is 0. The zero-order valence-corrected chi connectivity index (χ0v) is 13.0. The maximum absolute atomic E-state index is 12.7. The van der Waals surface area contributed by atoms with E-state index in [2.05, 4.69) is 74.5 Å². The Morgan fingerprint density at radius 3 is 2.05 bits per heavy atom. The van der Waals surface area contributed by atoms with Gasteiger partial charge in [0.1, 0.15) is 5.78 Å². The summed E-state index contributed by atoms with van der Waals surface area (Å²) in [4.78, 5) is 12.7. The molecule has 2 aromatic rings. The van der Waals surface area contributed by atoms with Gasteiger partial charge in [0.2, 0.25) is 0 Å². The van der Waals surface area contributed by atoms with E-state index in [4.69, 9.17) is 0 Å². The molecule has 0 unspecified atom stereocenters. The average molecular weight is 288 g/mol. The first-order valence-corrected chi connectivity index (χ1v) is 8.26. The number of fused-ring (bicyclic) bond motifs is 1. The number of rotatable bonds is 2. The predicted molar refractivity (Wildman–Crippen MR) is 86.6 cm³/mol. The van der Waals surface area contributed by atoms with Crippen molar-refractivity contribution in [3.05, 3.63) is 71.8 Å². The normalized spacial score (nSPS) is 40.0. The number of carbonyl (C=O) groups is 1. The lowest BCUT2D eigenvalue weighted by molar-refractivity contribution is -0.134.